The van der Waals surface area contributed by atoms with Gasteiger partial charge in [-0.2, -0.15) is 8.42 Å². The number of nitrogens with one attached hydrogen (secondary N) is 1. The molecule has 0 aliphatic carbocycles. The SMILES string of the molecule is CCCCCCCc1ccc(C(=O)NCCC[N+](C)(C)CCCS(=O)(=O)O)cc1. The topological polar surface area (TPSA) is 83.5 Å². The predicted molar refractivity (Wildman–Crippen MR) is 119 cm³/mol. The third kappa shape index (κ3) is 12.7. The molecule has 166 valence electrons. The summed E-state index contributed by atoms with van der Waals surface area (Å²) >= 11 is 0. The Kier molecular flexibility index (Phi) is 11.5. The fourth-order valence-electron chi connectivity index (χ4n) is 3.35. The second-order valence-electron chi connectivity index (χ2n) is 8.49. The molecule has 0 atom stereocenters. The van der Waals surface area contributed by atoms with E-state index in [0.29, 0.717) is 29.6 Å². The standard InChI is InChI=1S/C22H38N2O4S/c1-4-5-6-7-8-11-20-12-14-21(15-13-20)22(25)23-16-9-17-24(2,3)18-10-19-29(26,27)28/h12-15H,4-11,16-19H2,1-3H3,(H-,23,25,26,27,28)/p+1. The molecule has 7 heteroatoms. The lowest BCUT2D eigenvalue weighted by Crippen LogP contribution is -2.43. The molecule has 0 aliphatic rings. The van der Waals surface area contributed by atoms with Crippen LogP contribution in [0.25, 0.3) is 0 Å². The van der Waals surface area contributed by atoms with E-state index in [9.17, 15) is 13.2 Å². The maximum Gasteiger partial charge on any atom is 0.265 e. The molecule has 0 bridgehead atoms. The molecule has 0 saturated carbocycles. The summed E-state index contributed by atoms with van der Waals surface area (Å²) in [5.74, 6) is -0.267. The number of aryl methyl sites for hydroxylation is 1. The fourth-order valence-corrected chi connectivity index (χ4v) is 3.85. The van der Waals surface area contributed by atoms with E-state index in [-0.39, 0.29) is 11.7 Å². The number of hydrogen-bond acceptors (Lipinski definition) is 3. The van der Waals surface area contributed by atoms with Crippen molar-refractivity contribution in [1.82, 2.24) is 5.32 Å². The van der Waals surface area contributed by atoms with Gasteiger partial charge in [0.05, 0.1) is 32.9 Å². The highest BCUT2D eigenvalue weighted by atomic mass is 32.2. The van der Waals surface area contributed by atoms with Gasteiger partial charge in [0.1, 0.15) is 0 Å². The maximum absolute atomic E-state index is 12.3. The van der Waals surface area contributed by atoms with Gasteiger partial charge in [-0.05, 0) is 30.5 Å². The second-order valence-corrected chi connectivity index (χ2v) is 10.1. The molecule has 1 amide bonds. The van der Waals surface area contributed by atoms with Crippen LogP contribution in [0.4, 0.5) is 0 Å². The molecule has 6 nitrogen and oxygen atoms in total. The normalized spacial score (nSPS) is 12.1. The van der Waals surface area contributed by atoms with Crippen LogP contribution in [-0.4, -0.2) is 62.8 Å². The first-order chi connectivity index (χ1) is 13.6. The molecular formula is C22H39N2O4S+. The van der Waals surface area contributed by atoms with Crippen molar-refractivity contribution >= 4 is 16.0 Å². The molecule has 1 aromatic rings. The molecule has 29 heavy (non-hydrogen) atoms. The molecule has 0 unspecified atom stereocenters. The summed E-state index contributed by atoms with van der Waals surface area (Å²) in [7, 11) is 0.148. The quantitative estimate of drug-likeness (QED) is 0.254. The monoisotopic (exact) mass is 427 g/mol. The minimum atomic E-state index is -3.89. The van der Waals surface area contributed by atoms with Gasteiger partial charge in [0.15, 0.2) is 0 Å². The van der Waals surface area contributed by atoms with Crippen LogP contribution in [0.5, 0.6) is 0 Å². The lowest BCUT2D eigenvalue weighted by molar-refractivity contribution is -0.890. The molecular weight excluding hydrogens is 388 g/mol. The zero-order valence-electron chi connectivity index (χ0n) is 18.3. The van der Waals surface area contributed by atoms with E-state index in [1.807, 2.05) is 38.4 Å². The molecule has 0 aromatic heterocycles. The Morgan fingerprint density at radius 2 is 1.59 bits per heavy atom. The highest BCUT2D eigenvalue weighted by molar-refractivity contribution is 7.85. The van der Waals surface area contributed by atoms with Gasteiger partial charge in [-0.1, -0.05) is 44.7 Å². The van der Waals surface area contributed by atoms with Crippen LogP contribution < -0.4 is 5.32 Å². The molecule has 0 spiro atoms. The van der Waals surface area contributed by atoms with Gasteiger partial charge in [-0.15, -0.1) is 0 Å². The van der Waals surface area contributed by atoms with Crippen LogP contribution in [0, 0.1) is 0 Å². The van der Waals surface area contributed by atoms with E-state index in [4.69, 9.17) is 4.55 Å². The van der Waals surface area contributed by atoms with Crippen LogP contribution in [0.1, 0.15) is 67.8 Å². The molecule has 1 rings (SSSR count). The Morgan fingerprint density at radius 3 is 2.21 bits per heavy atom. The van der Waals surface area contributed by atoms with Gasteiger partial charge in [0.2, 0.25) is 0 Å². The first-order valence-corrected chi connectivity index (χ1v) is 12.4. The fraction of sp³-hybridized carbons (Fsp3) is 0.682. The van der Waals surface area contributed by atoms with Crippen LogP contribution in [0.15, 0.2) is 24.3 Å². The maximum atomic E-state index is 12.3. The number of hydrogen-bond donors (Lipinski definition) is 2. The largest absolute Gasteiger partial charge is 0.352 e. The number of nitrogens with zero attached hydrogens (tertiary/aromatic N) is 1. The first-order valence-electron chi connectivity index (χ1n) is 10.8. The van der Waals surface area contributed by atoms with Gasteiger partial charge < -0.3 is 9.80 Å². The smallest absolute Gasteiger partial charge is 0.265 e. The highest BCUT2D eigenvalue weighted by Gasteiger charge is 2.16. The van der Waals surface area contributed by atoms with Gasteiger partial charge >= 0.3 is 0 Å². The van der Waals surface area contributed by atoms with Gasteiger partial charge in [0, 0.05) is 24.9 Å². The highest BCUT2D eigenvalue weighted by Crippen LogP contribution is 2.11. The number of quaternary nitrogens is 1. The van der Waals surface area contributed by atoms with E-state index in [1.54, 1.807) is 0 Å². The molecule has 0 aliphatic heterocycles. The summed E-state index contributed by atoms with van der Waals surface area (Å²) in [4.78, 5) is 12.3. The van der Waals surface area contributed by atoms with Crippen LogP contribution >= 0.6 is 0 Å². The van der Waals surface area contributed by atoms with Crippen LogP contribution in [0.3, 0.4) is 0 Å². The van der Waals surface area contributed by atoms with Crippen LogP contribution in [-0.2, 0) is 16.5 Å². The third-order valence-electron chi connectivity index (χ3n) is 5.18. The Morgan fingerprint density at radius 1 is 0.966 bits per heavy atom. The van der Waals surface area contributed by atoms with Crippen molar-refractivity contribution in [2.45, 2.75) is 58.3 Å². The van der Waals surface area contributed by atoms with Crippen molar-refractivity contribution in [3.63, 3.8) is 0 Å². The second kappa shape index (κ2) is 13.0. The molecule has 0 radical (unpaired) electrons. The van der Waals surface area contributed by atoms with E-state index in [1.165, 1.54) is 37.7 Å². The zero-order valence-corrected chi connectivity index (χ0v) is 19.1. The molecule has 1 aromatic carbocycles. The summed E-state index contributed by atoms with van der Waals surface area (Å²) in [5, 5.41) is 2.95. The Hall–Kier alpha value is -1.44. The van der Waals surface area contributed by atoms with Gasteiger partial charge in [-0.25, -0.2) is 0 Å². The lowest BCUT2D eigenvalue weighted by Gasteiger charge is -2.29. The summed E-state index contributed by atoms with van der Waals surface area (Å²) in [6.45, 7) is 4.28. The zero-order chi connectivity index (χ0) is 21.8. The summed E-state index contributed by atoms with van der Waals surface area (Å²) < 4.78 is 31.1. The minimum absolute atomic E-state index is 0.0591. The van der Waals surface area contributed by atoms with Crippen molar-refractivity contribution in [3.8, 4) is 0 Å². The lowest BCUT2D eigenvalue weighted by atomic mass is 10.0. The average Bonchev–Trinajstić information content (AvgIpc) is 2.64. The average molecular weight is 428 g/mol. The number of carbonyl (C=O) groups is 1. The number of rotatable bonds is 15. The van der Waals surface area contributed by atoms with Crippen molar-refractivity contribution in [2.24, 2.45) is 0 Å². The Bertz CT molecular complexity index is 700. The Balaban J connectivity index is 2.26. The van der Waals surface area contributed by atoms with Crippen molar-refractivity contribution < 1.29 is 22.2 Å². The third-order valence-corrected chi connectivity index (χ3v) is 5.98. The van der Waals surface area contributed by atoms with E-state index in [2.05, 4.69) is 12.2 Å². The molecule has 0 saturated heterocycles. The Labute approximate surface area is 177 Å². The van der Waals surface area contributed by atoms with E-state index < -0.39 is 10.1 Å². The van der Waals surface area contributed by atoms with Gasteiger partial charge in [-0.3, -0.25) is 9.35 Å². The van der Waals surface area contributed by atoms with Crippen molar-refractivity contribution in [2.75, 3.05) is 39.5 Å². The summed E-state index contributed by atoms with van der Waals surface area (Å²) in [5.41, 5.74) is 1.96. The molecule has 0 fully saturated rings. The number of benzene rings is 1. The minimum Gasteiger partial charge on any atom is -0.352 e. The van der Waals surface area contributed by atoms with E-state index >= 15 is 0 Å². The van der Waals surface area contributed by atoms with Crippen molar-refractivity contribution in [1.29, 1.82) is 0 Å². The van der Waals surface area contributed by atoms with Crippen LogP contribution in [0.2, 0.25) is 0 Å². The van der Waals surface area contributed by atoms with Crippen molar-refractivity contribution in [3.05, 3.63) is 35.4 Å². The summed E-state index contributed by atoms with van der Waals surface area (Å²) in [6, 6.07) is 7.88. The molecule has 2 N–H and O–H groups in total. The molecule has 0 heterocycles. The van der Waals surface area contributed by atoms with Gasteiger partial charge in [0.25, 0.3) is 16.0 Å². The predicted octanol–water partition coefficient (Wildman–Crippen LogP) is 3.67. The number of amides is 1. The number of unbranched alkanes of at least 4 members (excludes halogenated alkanes) is 4. The van der Waals surface area contributed by atoms with E-state index in [0.717, 1.165) is 19.4 Å². The summed E-state index contributed by atoms with van der Waals surface area (Å²) in [6.07, 6.45) is 8.62. The number of carbonyl (C=O) groups excluding carboxylic acids is 1. The first kappa shape index (κ1) is 25.6.